The predicted octanol–water partition coefficient (Wildman–Crippen LogP) is 3.31. The molecule has 0 unspecified atom stereocenters. The number of aromatic amines is 1. The number of H-pyrrole nitrogens is 1. The summed E-state index contributed by atoms with van der Waals surface area (Å²) >= 11 is 1.74. The van der Waals surface area contributed by atoms with Gasteiger partial charge >= 0.3 is 0 Å². The number of benzene rings is 2. The molecule has 140 valence electrons. The molecule has 2 N–H and O–H groups in total. The minimum Gasteiger partial charge on any atom is -0.485 e. The Morgan fingerprint density at radius 3 is 2.85 bits per heavy atom. The van der Waals surface area contributed by atoms with Gasteiger partial charge in [0.15, 0.2) is 11.5 Å². The van der Waals surface area contributed by atoms with Crippen molar-refractivity contribution in [1.29, 1.82) is 0 Å². The minimum absolute atomic E-state index is 0.193. The Kier molecular flexibility index (Phi) is 5.20. The second-order valence-electron chi connectivity index (χ2n) is 6.35. The van der Waals surface area contributed by atoms with Crippen molar-refractivity contribution in [3.63, 3.8) is 0 Å². The number of nitrogens with one attached hydrogen (secondary N) is 2. The van der Waals surface area contributed by atoms with Gasteiger partial charge in [-0.2, -0.15) is 11.8 Å². The summed E-state index contributed by atoms with van der Waals surface area (Å²) in [6.45, 7) is 0.193. The molecular weight excluding hydrogens is 362 g/mol. The second kappa shape index (κ2) is 7.92. The second-order valence-corrected chi connectivity index (χ2v) is 7.33. The van der Waals surface area contributed by atoms with Crippen molar-refractivity contribution in [1.82, 2.24) is 15.3 Å². The van der Waals surface area contributed by atoms with Crippen molar-refractivity contribution in [2.24, 2.45) is 0 Å². The predicted molar refractivity (Wildman–Crippen MR) is 106 cm³/mol. The van der Waals surface area contributed by atoms with E-state index >= 15 is 0 Å². The van der Waals surface area contributed by atoms with Gasteiger partial charge in [0.05, 0.1) is 17.1 Å². The molecule has 0 radical (unpaired) electrons. The van der Waals surface area contributed by atoms with Gasteiger partial charge in [0, 0.05) is 0 Å². The van der Waals surface area contributed by atoms with Crippen LogP contribution in [0.15, 0.2) is 48.5 Å². The number of hydrogen-bond acceptors (Lipinski definition) is 5. The van der Waals surface area contributed by atoms with E-state index in [2.05, 4.69) is 15.3 Å². The number of carbonyl (C=O) groups is 1. The number of thioether (sulfide) groups is 1. The summed E-state index contributed by atoms with van der Waals surface area (Å²) in [5.74, 6) is 2.73. The number of para-hydroxylation sites is 4. The lowest BCUT2D eigenvalue weighted by molar-refractivity contribution is -0.131. The van der Waals surface area contributed by atoms with Crippen molar-refractivity contribution in [2.75, 3.05) is 18.6 Å². The van der Waals surface area contributed by atoms with Crippen molar-refractivity contribution in [2.45, 2.75) is 18.6 Å². The van der Waals surface area contributed by atoms with Crippen LogP contribution in [0.4, 0.5) is 0 Å². The van der Waals surface area contributed by atoms with E-state index in [1.807, 2.05) is 48.7 Å². The fourth-order valence-corrected chi connectivity index (χ4v) is 3.54. The van der Waals surface area contributed by atoms with Crippen LogP contribution in [0.1, 0.15) is 18.3 Å². The van der Waals surface area contributed by atoms with Crippen molar-refractivity contribution in [3.05, 3.63) is 54.4 Å². The maximum atomic E-state index is 12.8. The van der Waals surface area contributed by atoms with Crippen LogP contribution in [-0.2, 0) is 4.79 Å². The maximum absolute atomic E-state index is 12.8. The molecule has 0 fully saturated rings. The number of amides is 1. The van der Waals surface area contributed by atoms with Gasteiger partial charge in [-0.05, 0) is 42.7 Å². The number of aromatic nitrogens is 2. The number of carbonyl (C=O) groups excluding carboxylic acids is 1. The third-order valence-corrected chi connectivity index (χ3v) is 5.11. The average Bonchev–Trinajstić information content (AvgIpc) is 3.14. The highest BCUT2D eigenvalue weighted by molar-refractivity contribution is 7.98. The molecule has 0 bridgehead atoms. The average molecular weight is 383 g/mol. The van der Waals surface area contributed by atoms with Crippen LogP contribution < -0.4 is 14.8 Å². The van der Waals surface area contributed by atoms with E-state index < -0.39 is 6.10 Å². The van der Waals surface area contributed by atoms with E-state index in [1.165, 1.54) is 0 Å². The Morgan fingerprint density at radius 2 is 2.04 bits per heavy atom. The SMILES string of the molecule is CSCC[C@H](NC(=O)[C@@H]1COc2ccccc2O1)c1nc2ccccc2[nH]1. The minimum atomic E-state index is -0.680. The fraction of sp³-hybridized carbons (Fsp3) is 0.300. The lowest BCUT2D eigenvalue weighted by Gasteiger charge is -2.27. The zero-order chi connectivity index (χ0) is 18.6. The first kappa shape index (κ1) is 17.7. The van der Waals surface area contributed by atoms with Gasteiger partial charge in [-0.25, -0.2) is 4.98 Å². The molecule has 0 spiro atoms. The van der Waals surface area contributed by atoms with E-state index in [9.17, 15) is 4.79 Å². The number of fused-ring (bicyclic) bond motifs is 2. The van der Waals surface area contributed by atoms with Crippen LogP contribution in [0.3, 0.4) is 0 Å². The molecule has 0 saturated carbocycles. The molecule has 1 aliphatic heterocycles. The summed E-state index contributed by atoms with van der Waals surface area (Å²) in [4.78, 5) is 20.8. The summed E-state index contributed by atoms with van der Waals surface area (Å²) in [7, 11) is 0. The Morgan fingerprint density at radius 1 is 1.26 bits per heavy atom. The van der Waals surface area contributed by atoms with Crippen LogP contribution in [-0.4, -0.2) is 40.6 Å². The molecule has 1 aliphatic rings. The zero-order valence-corrected chi connectivity index (χ0v) is 15.8. The quantitative estimate of drug-likeness (QED) is 0.683. The number of ether oxygens (including phenoxy) is 2. The molecule has 7 heteroatoms. The standard InChI is InChI=1S/C20H21N3O3S/c1-27-11-10-15(19-21-13-6-2-3-7-14(13)22-19)23-20(24)18-12-25-16-8-4-5-9-17(16)26-18/h2-9,15,18H,10-12H2,1H3,(H,21,22)(H,23,24)/t15-,18-/m0/s1. The number of rotatable bonds is 6. The third-order valence-electron chi connectivity index (χ3n) is 4.47. The first-order valence-electron chi connectivity index (χ1n) is 8.87. The van der Waals surface area contributed by atoms with Crippen molar-refractivity contribution < 1.29 is 14.3 Å². The van der Waals surface area contributed by atoms with Crippen LogP contribution >= 0.6 is 11.8 Å². The lowest BCUT2D eigenvalue weighted by atomic mass is 10.2. The molecule has 2 aromatic carbocycles. The van der Waals surface area contributed by atoms with Gasteiger partial charge in [0.1, 0.15) is 12.4 Å². The highest BCUT2D eigenvalue weighted by Crippen LogP contribution is 2.31. The Labute approximate surface area is 161 Å². The number of nitrogens with zero attached hydrogens (tertiary/aromatic N) is 1. The number of imidazole rings is 1. The summed E-state index contributed by atoms with van der Waals surface area (Å²) in [5, 5.41) is 3.08. The van der Waals surface area contributed by atoms with Gasteiger partial charge in [-0.3, -0.25) is 4.79 Å². The Bertz CT molecular complexity index is 910. The lowest BCUT2D eigenvalue weighted by Crippen LogP contribution is -2.45. The third kappa shape index (κ3) is 3.88. The molecule has 4 rings (SSSR count). The van der Waals surface area contributed by atoms with Gasteiger partial charge in [0.2, 0.25) is 6.10 Å². The van der Waals surface area contributed by atoms with E-state index in [0.717, 1.165) is 29.0 Å². The van der Waals surface area contributed by atoms with Crippen LogP contribution in [0.2, 0.25) is 0 Å². The molecule has 3 aromatic rings. The highest BCUT2D eigenvalue weighted by atomic mass is 32.2. The van der Waals surface area contributed by atoms with Crippen molar-refractivity contribution in [3.8, 4) is 11.5 Å². The summed E-state index contributed by atoms with van der Waals surface area (Å²) in [5.41, 5.74) is 1.85. The molecule has 27 heavy (non-hydrogen) atoms. The van der Waals surface area contributed by atoms with Crippen LogP contribution in [0, 0.1) is 0 Å². The Balaban J connectivity index is 1.50. The molecule has 2 heterocycles. The number of hydrogen-bond donors (Lipinski definition) is 2. The maximum Gasteiger partial charge on any atom is 0.265 e. The van der Waals surface area contributed by atoms with Gasteiger partial charge in [0.25, 0.3) is 5.91 Å². The monoisotopic (exact) mass is 383 g/mol. The largest absolute Gasteiger partial charge is 0.485 e. The Hall–Kier alpha value is -2.67. The summed E-state index contributed by atoms with van der Waals surface area (Å²) in [6.07, 6.45) is 2.14. The topological polar surface area (TPSA) is 76.2 Å². The molecule has 0 aliphatic carbocycles. The first-order valence-corrected chi connectivity index (χ1v) is 10.3. The molecule has 6 nitrogen and oxygen atoms in total. The van der Waals surface area contributed by atoms with E-state index in [1.54, 1.807) is 17.8 Å². The fourth-order valence-electron chi connectivity index (χ4n) is 3.06. The molecule has 1 amide bonds. The van der Waals surface area contributed by atoms with Gasteiger partial charge < -0.3 is 19.8 Å². The zero-order valence-electron chi connectivity index (χ0n) is 15.0. The molecular formula is C20H21N3O3S. The van der Waals surface area contributed by atoms with Gasteiger partial charge in [-0.1, -0.05) is 24.3 Å². The molecule has 2 atom stereocenters. The normalized spacial score (nSPS) is 16.9. The van der Waals surface area contributed by atoms with E-state index in [-0.39, 0.29) is 18.6 Å². The van der Waals surface area contributed by atoms with E-state index in [0.29, 0.717) is 11.5 Å². The van der Waals surface area contributed by atoms with Crippen LogP contribution in [0.5, 0.6) is 11.5 Å². The molecule has 0 saturated heterocycles. The smallest absolute Gasteiger partial charge is 0.265 e. The molecule has 1 aromatic heterocycles. The first-order chi connectivity index (χ1) is 13.2. The van der Waals surface area contributed by atoms with Crippen molar-refractivity contribution >= 4 is 28.7 Å². The summed E-state index contributed by atoms with van der Waals surface area (Å²) in [6, 6.07) is 15.0. The summed E-state index contributed by atoms with van der Waals surface area (Å²) < 4.78 is 11.5. The van der Waals surface area contributed by atoms with Gasteiger partial charge in [-0.15, -0.1) is 0 Å². The van der Waals surface area contributed by atoms with Crippen LogP contribution in [0.25, 0.3) is 11.0 Å². The van der Waals surface area contributed by atoms with E-state index in [4.69, 9.17) is 9.47 Å². The highest BCUT2D eigenvalue weighted by Gasteiger charge is 2.29.